The van der Waals surface area contributed by atoms with Crippen LogP contribution in [0.1, 0.15) is 17.8 Å². The monoisotopic (exact) mass is 345 g/mol. The van der Waals surface area contributed by atoms with Gasteiger partial charge in [0, 0.05) is 42.0 Å². The number of thiazole rings is 1. The first kappa shape index (κ1) is 16.3. The summed E-state index contributed by atoms with van der Waals surface area (Å²) in [5, 5.41) is 14.0. The maximum absolute atomic E-state index is 11.9. The van der Waals surface area contributed by atoms with Crippen LogP contribution in [0.4, 0.5) is 21.0 Å². The smallest absolute Gasteiger partial charge is 0.319 e. The highest BCUT2D eigenvalue weighted by atomic mass is 32.1. The Morgan fingerprint density at radius 2 is 1.92 bits per heavy atom. The lowest BCUT2D eigenvalue weighted by molar-refractivity contribution is 0.251. The van der Waals surface area contributed by atoms with E-state index in [1.54, 1.807) is 41.8 Å². The van der Waals surface area contributed by atoms with E-state index in [1.165, 1.54) is 0 Å². The normalized spacial score (nSPS) is 13.2. The summed E-state index contributed by atoms with van der Waals surface area (Å²) < 4.78 is 0. The molecule has 1 heterocycles. The van der Waals surface area contributed by atoms with Crippen molar-refractivity contribution in [3.8, 4) is 0 Å². The van der Waals surface area contributed by atoms with Crippen molar-refractivity contribution in [1.29, 1.82) is 0 Å². The summed E-state index contributed by atoms with van der Waals surface area (Å²) in [6.45, 7) is 0.515. The number of hydrogen-bond acceptors (Lipinski definition) is 4. The van der Waals surface area contributed by atoms with Crippen molar-refractivity contribution in [1.82, 2.24) is 15.6 Å². The third-order valence-electron chi connectivity index (χ3n) is 3.40. The quantitative estimate of drug-likeness (QED) is 0.648. The SMILES string of the molecule is O=C(NCCc1nccs1)Nc1cccc(NC(=O)NC2CC2)c1. The Bertz CT molecular complexity index is 700. The lowest BCUT2D eigenvalue weighted by atomic mass is 10.3. The van der Waals surface area contributed by atoms with Crippen molar-refractivity contribution in [2.24, 2.45) is 0 Å². The van der Waals surface area contributed by atoms with Gasteiger partial charge in [0.1, 0.15) is 0 Å². The summed E-state index contributed by atoms with van der Waals surface area (Å²) >= 11 is 1.57. The van der Waals surface area contributed by atoms with E-state index in [4.69, 9.17) is 0 Å². The number of nitrogens with one attached hydrogen (secondary N) is 4. The van der Waals surface area contributed by atoms with Gasteiger partial charge in [0.05, 0.1) is 5.01 Å². The van der Waals surface area contributed by atoms with E-state index >= 15 is 0 Å². The molecule has 1 aliphatic rings. The van der Waals surface area contributed by atoms with E-state index in [9.17, 15) is 9.59 Å². The van der Waals surface area contributed by atoms with Gasteiger partial charge in [-0.25, -0.2) is 14.6 Å². The van der Waals surface area contributed by atoms with Crippen LogP contribution >= 0.6 is 11.3 Å². The molecule has 4 amide bonds. The van der Waals surface area contributed by atoms with Gasteiger partial charge in [-0.1, -0.05) is 6.07 Å². The topological polar surface area (TPSA) is 95.2 Å². The molecule has 0 radical (unpaired) electrons. The average molecular weight is 345 g/mol. The van der Waals surface area contributed by atoms with Crippen LogP contribution in [0.3, 0.4) is 0 Å². The molecule has 1 saturated carbocycles. The molecule has 126 valence electrons. The fourth-order valence-corrected chi connectivity index (χ4v) is 2.71. The van der Waals surface area contributed by atoms with E-state index in [0.29, 0.717) is 30.4 Å². The van der Waals surface area contributed by atoms with Gasteiger partial charge in [0.15, 0.2) is 0 Å². The molecule has 8 heteroatoms. The average Bonchev–Trinajstić information content (AvgIpc) is 3.19. The molecule has 1 fully saturated rings. The summed E-state index contributed by atoms with van der Waals surface area (Å²) in [5.74, 6) is 0. The predicted molar refractivity (Wildman–Crippen MR) is 94.5 cm³/mol. The molecule has 0 aliphatic heterocycles. The van der Waals surface area contributed by atoms with Crippen molar-refractivity contribution in [2.75, 3.05) is 17.2 Å². The molecule has 0 unspecified atom stereocenters. The number of carbonyl (C=O) groups excluding carboxylic acids is 2. The number of hydrogen-bond donors (Lipinski definition) is 4. The summed E-state index contributed by atoms with van der Waals surface area (Å²) in [4.78, 5) is 27.8. The van der Waals surface area contributed by atoms with Gasteiger partial charge >= 0.3 is 12.1 Å². The van der Waals surface area contributed by atoms with Crippen LogP contribution in [0.2, 0.25) is 0 Å². The minimum absolute atomic E-state index is 0.220. The number of aromatic nitrogens is 1. The summed E-state index contributed by atoms with van der Waals surface area (Å²) in [7, 11) is 0. The Balaban J connectivity index is 1.44. The van der Waals surface area contributed by atoms with E-state index in [2.05, 4.69) is 26.3 Å². The fourth-order valence-electron chi connectivity index (χ4n) is 2.09. The first-order chi connectivity index (χ1) is 11.7. The van der Waals surface area contributed by atoms with Crippen LogP contribution in [0.15, 0.2) is 35.8 Å². The zero-order valence-electron chi connectivity index (χ0n) is 13.0. The molecule has 1 aliphatic carbocycles. The Hall–Kier alpha value is -2.61. The first-order valence-electron chi connectivity index (χ1n) is 7.80. The van der Waals surface area contributed by atoms with Crippen LogP contribution in [-0.2, 0) is 6.42 Å². The highest BCUT2D eigenvalue weighted by Gasteiger charge is 2.23. The van der Waals surface area contributed by atoms with Crippen molar-refractivity contribution in [3.05, 3.63) is 40.8 Å². The minimum atomic E-state index is -0.286. The van der Waals surface area contributed by atoms with Crippen LogP contribution < -0.4 is 21.3 Å². The van der Waals surface area contributed by atoms with Gasteiger partial charge in [-0.05, 0) is 31.0 Å². The number of carbonyl (C=O) groups is 2. The lowest BCUT2D eigenvalue weighted by Crippen LogP contribution is -2.31. The molecule has 2 aromatic rings. The van der Waals surface area contributed by atoms with Gasteiger partial charge in [0.25, 0.3) is 0 Å². The molecule has 4 N–H and O–H groups in total. The van der Waals surface area contributed by atoms with Crippen LogP contribution in [0.25, 0.3) is 0 Å². The Labute approximate surface area is 143 Å². The number of amides is 4. The van der Waals surface area contributed by atoms with Gasteiger partial charge in [-0.15, -0.1) is 11.3 Å². The molecule has 0 spiro atoms. The fraction of sp³-hybridized carbons (Fsp3) is 0.312. The molecular weight excluding hydrogens is 326 g/mol. The van der Waals surface area contributed by atoms with Crippen LogP contribution in [0, 0.1) is 0 Å². The molecule has 0 bridgehead atoms. The largest absolute Gasteiger partial charge is 0.337 e. The molecule has 0 atom stereocenters. The molecule has 24 heavy (non-hydrogen) atoms. The Morgan fingerprint density at radius 1 is 1.17 bits per heavy atom. The second-order valence-electron chi connectivity index (χ2n) is 5.51. The van der Waals surface area contributed by atoms with Crippen molar-refractivity contribution >= 4 is 34.8 Å². The molecular formula is C16H19N5O2S. The molecule has 1 aromatic heterocycles. The number of nitrogens with zero attached hydrogens (tertiary/aromatic N) is 1. The number of rotatable bonds is 6. The Kier molecular flexibility index (Phi) is 5.27. The molecule has 7 nitrogen and oxygen atoms in total. The van der Waals surface area contributed by atoms with E-state index in [-0.39, 0.29) is 12.1 Å². The number of urea groups is 2. The van der Waals surface area contributed by atoms with E-state index in [0.717, 1.165) is 17.8 Å². The molecule has 1 aromatic carbocycles. The summed E-state index contributed by atoms with van der Waals surface area (Å²) in [6, 6.07) is 6.83. The predicted octanol–water partition coefficient (Wildman–Crippen LogP) is 2.79. The maximum atomic E-state index is 11.9. The van der Waals surface area contributed by atoms with Crippen molar-refractivity contribution in [2.45, 2.75) is 25.3 Å². The van der Waals surface area contributed by atoms with Crippen molar-refractivity contribution in [3.63, 3.8) is 0 Å². The Morgan fingerprint density at radius 3 is 2.58 bits per heavy atom. The summed E-state index contributed by atoms with van der Waals surface area (Å²) in [5.41, 5.74) is 1.25. The van der Waals surface area contributed by atoms with Gasteiger partial charge in [-0.3, -0.25) is 0 Å². The lowest BCUT2D eigenvalue weighted by Gasteiger charge is -2.10. The molecule has 0 saturated heterocycles. The van der Waals surface area contributed by atoms with Crippen LogP contribution in [0.5, 0.6) is 0 Å². The van der Waals surface area contributed by atoms with Gasteiger partial charge in [-0.2, -0.15) is 0 Å². The minimum Gasteiger partial charge on any atom is -0.337 e. The third-order valence-corrected chi connectivity index (χ3v) is 4.24. The highest BCUT2D eigenvalue weighted by molar-refractivity contribution is 7.09. The summed E-state index contributed by atoms with van der Waals surface area (Å²) in [6.07, 6.45) is 4.53. The van der Waals surface area contributed by atoms with E-state index in [1.807, 2.05) is 5.38 Å². The zero-order chi connectivity index (χ0) is 16.8. The van der Waals surface area contributed by atoms with Crippen molar-refractivity contribution < 1.29 is 9.59 Å². The van der Waals surface area contributed by atoms with Gasteiger partial charge < -0.3 is 21.3 Å². The second kappa shape index (κ2) is 7.78. The number of benzene rings is 1. The second-order valence-corrected chi connectivity index (χ2v) is 6.49. The third kappa shape index (κ3) is 5.24. The van der Waals surface area contributed by atoms with E-state index < -0.39 is 0 Å². The first-order valence-corrected chi connectivity index (χ1v) is 8.68. The maximum Gasteiger partial charge on any atom is 0.319 e. The highest BCUT2D eigenvalue weighted by Crippen LogP contribution is 2.19. The zero-order valence-corrected chi connectivity index (χ0v) is 13.9. The van der Waals surface area contributed by atoms with Gasteiger partial charge in [0.2, 0.25) is 0 Å². The van der Waals surface area contributed by atoms with Crippen LogP contribution in [-0.4, -0.2) is 29.6 Å². The standard InChI is InChI=1S/C16H19N5O2S/c22-15(18-7-6-14-17-8-9-24-14)20-12-2-1-3-13(10-12)21-16(23)19-11-4-5-11/h1-3,8-11H,4-7H2,(H2,18,20,22)(H2,19,21,23). The molecule has 3 rings (SSSR count). The number of anilines is 2.